The second-order valence-electron chi connectivity index (χ2n) is 14.7. The van der Waals surface area contributed by atoms with Crippen molar-refractivity contribution in [1.29, 1.82) is 0 Å². The van der Waals surface area contributed by atoms with Crippen LogP contribution in [0.1, 0.15) is 17.7 Å². The molecule has 0 bridgehead atoms. The fourth-order valence-corrected chi connectivity index (χ4v) is 8.78. The number of hydrogen-bond donors (Lipinski definition) is 0. The van der Waals surface area contributed by atoms with E-state index in [4.69, 9.17) is 4.98 Å². The molecule has 1 aliphatic carbocycles. The number of rotatable bonds is 6. The first-order chi connectivity index (χ1) is 27.8. The average Bonchev–Trinajstić information content (AvgIpc) is 3.80. The third-order valence-corrected chi connectivity index (χ3v) is 11.4. The molecule has 0 spiro atoms. The summed E-state index contributed by atoms with van der Waals surface area (Å²) in [7, 11) is 0. The molecule has 1 aliphatic rings. The highest BCUT2D eigenvalue weighted by Gasteiger charge is 2.19. The Balaban J connectivity index is 1.03. The van der Waals surface area contributed by atoms with E-state index in [1.165, 1.54) is 49.7 Å². The maximum atomic E-state index is 5.31. The Bertz CT molecular complexity index is 3090. The van der Waals surface area contributed by atoms with Crippen molar-refractivity contribution in [2.45, 2.75) is 12.8 Å². The van der Waals surface area contributed by atoms with Gasteiger partial charge in [-0.15, -0.1) is 0 Å². The molecule has 11 rings (SSSR count). The van der Waals surface area contributed by atoms with Crippen LogP contribution in [0.4, 0.5) is 0 Å². The fourth-order valence-electron chi connectivity index (χ4n) is 8.78. The lowest BCUT2D eigenvalue weighted by Crippen LogP contribution is -2.03. The zero-order valence-corrected chi connectivity index (χ0v) is 30.8. The zero-order valence-electron chi connectivity index (χ0n) is 30.8. The molecule has 0 fully saturated rings. The van der Waals surface area contributed by atoms with Crippen molar-refractivity contribution in [2.75, 3.05) is 0 Å². The number of benzene rings is 7. The topological polar surface area (TPSA) is 22.8 Å². The van der Waals surface area contributed by atoms with Crippen LogP contribution < -0.4 is 0 Å². The summed E-state index contributed by atoms with van der Waals surface area (Å²) in [6, 6.07) is 67.9. The summed E-state index contributed by atoms with van der Waals surface area (Å²) in [6.07, 6.45) is 6.69. The highest BCUT2D eigenvalue weighted by atomic mass is 15.0. The van der Waals surface area contributed by atoms with Gasteiger partial charge in [0, 0.05) is 49.9 Å². The maximum absolute atomic E-state index is 5.31. The Morgan fingerprint density at radius 3 is 1.57 bits per heavy atom. The third-order valence-electron chi connectivity index (χ3n) is 11.4. The van der Waals surface area contributed by atoms with E-state index in [-0.39, 0.29) is 0 Å². The van der Waals surface area contributed by atoms with Crippen LogP contribution in [0.5, 0.6) is 0 Å². The summed E-state index contributed by atoms with van der Waals surface area (Å²) in [5.41, 5.74) is 17.4. The quantitative estimate of drug-likeness (QED) is 0.168. The monoisotopic (exact) mass is 715 g/mol. The lowest BCUT2D eigenvalue weighted by Gasteiger charge is -2.15. The van der Waals surface area contributed by atoms with E-state index in [0.29, 0.717) is 0 Å². The lowest BCUT2D eigenvalue weighted by atomic mass is 9.97. The van der Waals surface area contributed by atoms with Gasteiger partial charge in [-0.05, 0) is 95.8 Å². The predicted octanol–water partition coefficient (Wildman–Crippen LogP) is 13.7. The van der Waals surface area contributed by atoms with Crippen LogP contribution >= 0.6 is 0 Å². The van der Waals surface area contributed by atoms with E-state index in [0.717, 1.165) is 63.3 Å². The van der Waals surface area contributed by atoms with Gasteiger partial charge in [-0.2, -0.15) is 0 Å². The van der Waals surface area contributed by atoms with Crippen LogP contribution in [0, 0.1) is 0 Å². The Labute approximate surface area is 326 Å². The summed E-state index contributed by atoms with van der Waals surface area (Å²) < 4.78 is 4.85. The number of para-hydroxylation sites is 3. The van der Waals surface area contributed by atoms with Crippen LogP contribution in [-0.4, -0.2) is 14.1 Å². The lowest BCUT2D eigenvalue weighted by molar-refractivity contribution is 0.889. The van der Waals surface area contributed by atoms with Crippen molar-refractivity contribution in [3.63, 3.8) is 0 Å². The maximum Gasteiger partial charge on any atom is 0.0715 e. The first kappa shape index (κ1) is 32.2. The second-order valence-corrected chi connectivity index (χ2v) is 14.7. The van der Waals surface area contributed by atoms with Crippen molar-refractivity contribution in [3.8, 4) is 56.1 Å². The van der Waals surface area contributed by atoms with Crippen LogP contribution in [0.2, 0.25) is 0 Å². The molecule has 3 aromatic heterocycles. The van der Waals surface area contributed by atoms with Crippen molar-refractivity contribution in [3.05, 3.63) is 205 Å². The van der Waals surface area contributed by atoms with Gasteiger partial charge in [0.15, 0.2) is 0 Å². The zero-order chi connectivity index (χ0) is 37.0. The Morgan fingerprint density at radius 1 is 0.375 bits per heavy atom. The minimum atomic E-state index is 0.945. The summed E-state index contributed by atoms with van der Waals surface area (Å²) in [4.78, 5) is 5.31. The van der Waals surface area contributed by atoms with E-state index in [1.807, 2.05) is 0 Å². The molecule has 3 heteroatoms. The molecule has 0 amide bonds. The average molecular weight is 716 g/mol. The standard InChI is InChI=1S/C53H37N3/c1-2-15-36(16-3-1)48-34-41(39-19-14-22-43(33-39)56-52-29-10-6-25-46(52)47-26-7-11-30-53(47)56)35-49(54-48)40-20-12-17-37(31-40)38-18-13-21-42(32-38)55-50-27-8-4-23-44(50)45-24-5-9-28-51(45)55/h1-10,12-29,31-35H,11,30H2. The third kappa shape index (κ3) is 5.39. The molecule has 56 heavy (non-hydrogen) atoms. The second kappa shape index (κ2) is 13.3. The highest BCUT2D eigenvalue weighted by Crippen LogP contribution is 2.38. The number of fused-ring (bicyclic) bond motifs is 6. The van der Waals surface area contributed by atoms with E-state index in [2.05, 4.69) is 209 Å². The van der Waals surface area contributed by atoms with Crippen molar-refractivity contribution in [1.82, 2.24) is 14.1 Å². The van der Waals surface area contributed by atoms with Gasteiger partial charge in [0.25, 0.3) is 0 Å². The van der Waals surface area contributed by atoms with Gasteiger partial charge in [-0.3, -0.25) is 0 Å². The van der Waals surface area contributed by atoms with Crippen molar-refractivity contribution < 1.29 is 0 Å². The normalized spacial score (nSPS) is 12.4. The fraction of sp³-hybridized carbons (Fsp3) is 0.0377. The molecule has 0 saturated carbocycles. The molecule has 264 valence electrons. The van der Waals surface area contributed by atoms with Gasteiger partial charge in [0.1, 0.15) is 0 Å². The minimum Gasteiger partial charge on any atom is -0.313 e. The van der Waals surface area contributed by atoms with Crippen LogP contribution in [0.25, 0.3) is 94.9 Å². The molecule has 0 unspecified atom stereocenters. The molecule has 10 aromatic rings. The molecule has 0 atom stereocenters. The highest BCUT2D eigenvalue weighted by molar-refractivity contribution is 6.09. The van der Waals surface area contributed by atoms with Crippen molar-refractivity contribution in [2.24, 2.45) is 0 Å². The predicted molar refractivity (Wildman–Crippen MR) is 235 cm³/mol. The van der Waals surface area contributed by atoms with Crippen LogP contribution in [0.3, 0.4) is 0 Å². The van der Waals surface area contributed by atoms with E-state index in [9.17, 15) is 0 Å². The SMILES string of the molecule is C1=Cc2c(n(-c3cccc(-c4cc(-c5ccccc5)nc(-c5cccc(-c6cccc(-n7c8ccccc8c8ccccc87)c6)c5)c4)c3)c3ccccc23)CC1. The number of pyridine rings is 1. The van der Waals surface area contributed by atoms with Crippen LogP contribution in [0.15, 0.2) is 194 Å². The molecular weight excluding hydrogens is 679 g/mol. The number of nitrogens with zero attached hydrogens (tertiary/aromatic N) is 3. The van der Waals surface area contributed by atoms with Gasteiger partial charge in [0.2, 0.25) is 0 Å². The summed E-state index contributed by atoms with van der Waals surface area (Å²) in [5.74, 6) is 0. The molecule has 7 aromatic carbocycles. The van der Waals surface area contributed by atoms with Crippen molar-refractivity contribution >= 4 is 38.8 Å². The molecule has 0 saturated heterocycles. The smallest absolute Gasteiger partial charge is 0.0715 e. The van der Waals surface area contributed by atoms with Gasteiger partial charge in [-0.1, -0.05) is 140 Å². The molecule has 3 nitrogen and oxygen atoms in total. The van der Waals surface area contributed by atoms with Gasteiger partial charge in [0.05, 0.1) is 27.9 Å². The van der Waals surface area contributed by atoms with Gasteiger partial charge < -0.3 is 9.13 Å². The first-order valence-corrected chi connectivity index (χ1v) is 19.4. The number of allylic oxidation sites excluding steroid dienone is 1. The number of hydrogen-bond acceptors (Lipinski definition) is 1. The molecule has 0 N–H and O–H groups in total. The van der Waals surface area contributed by atoms with E-state index < -0.39 is 0 Å². The van der Waals surface area contributed by atoms with Gasteiger partial charge >= 0.3 is 0 Å². The summed E-state index contributed by atoms with van der Waals surface area (Å²) in [5, 5.41) is 3.83. The minimum absolute atomic E-state index is 0.945. The Hall–Kier alpha value is -7.23. The number of aromatic nitrogens is 3. The van der Waals surface area contributed by atoms with E-state index >= 15 is 0 Å². The molecular formula is C53H37N3. The summed E-state index contributed by atoms with van der Waals surface area (Å²) >= 11 is 0. The Morgan fingerprint density at radius 2 is 0.875 bits per heavy atom. The molecule has 0 aliphatic heterocycles. The Kier molecular flexibility index (Phi) is 7.63. The first-order valence-electron chi connectivity index (χ1n) is 19.4. The van der Waals surface area contributed by atoms with Crippen LogP contribution in [-0.2, 0) is 6.42 Å². The molecule has 3 heterocycles. The van der Waals surface area contributed by atoms with Gasteiger partial charge in [-0.25, -0.2) is 4.98 Å². The van der Waals surface area contributed by atoms with E-state index in [1.54, 1.807) is 0 Å². The summed E-state index contributed by atoms with van der Waals surface area (Å²) in [6.45, 7) is 0. The largest absolute Gasteiger partial charge is 0.313 e. The molecule has 0 radical (unpaired) electrons.